The van der Waals surface area contributed by atoms with Gasteiger partial charge in [0, 0.05) is 5.57 Å². The molecule has 0 aromatic rings. The Labute approximate surface area is 49.7 Å². The van der Waals surface area contributed by atoms with Gasteiger partial charge in [-0.3, -0.25) is 4.79 Å². The molecule has 8 heavy (non-hydrogen) atoms. The van der Waals surface area contributed by atoms with E-state index >= 15 is 0 Å². The fraction of sp³-hybridized carbons (Fsp3) is 0.429. The second-order valence-electron chi connectivity index (χ2n) is 1.57. The highest BCUT2D eigenvalue weighted by Crippen LogP contribution is 1.96. The standard InChI is InChI=1S/C7H10O/c1-3-5-7(4-2)6-8/h6H,2-3,5H2,1H3. The Morgan fingerprint density at radius 2 is 2.50 bits per heavy atom. The number of hydrogen-bond acceptors (Lipinski definition) is 1. The summed E-state index contributed by atoms with van der Waals surface area (Å²) in [7, 11) is 0. The van der Waals surface area contributed by atoms with Crippen molar-refractivity contribution in [3.8, 4) is 0 Å². The molecular weight excluding hydrogens is 100 g/mol. The zero-order chi connectivity index (χ0) is 6.41. The summed E-state index contributed by atoms with van der Waals surface area (Å²) in [5.74, 6) is 0. The van der Waals surface area contributed by atoms with E-state index in [2.05, 4.69) is 12.3 Å². The molecule has 0 bridgehead atoms. The molecule has 1 nitrogen and oxygen atoms in total. The molecule has 0 unspecified atom stereocenters. The molecule has 44 valence electrons. The highest BCUT2D eigenvalue weighted by Gasteiger charge is 1.86. The summed E-state index contributed by atoms with van der Waals surface area (Å²) >= 11 is 0. The molecule has 0 heterocycles. The third-order valence-corrected chi connectivity index (χ3v) is 0.889. The monoisotopic (exact) mass is 110 g/mol. The normalized spacial score (nSPS) is 7.62. The van der Waals surface area contributed by atoms with Crippen molar-refractivity contribution in [2.75, 3.05) is 0 Å². The largest absolute Gasteiger partial charge is 0.298 e. The molecule has 0 aliphatic carbocycles. The first-order chi connectivity index (χ1) is 3.85. The van der Waals surface area contributed by atoms with Crippen molar-refractivity contribution in [1.29, 1.82) is 0 Å². The van der Waals surface area contributed by atoms with Gasteiger partial charge in [0.1, 0.15) is 0 Å². The maximum absolute atomic E-state index is 9.99. The van der Waals surface area contributed by atoms with Crippen molar-refractivity contribution < 1.29 is 4.79 Å². The van der Waals surface area contributed by atoms with E-state index in [1.54, 1.807) is 0 Å². The highest BCUT2D eigenvalue weighted by molar-refractivity contribution is 5.72. The fourth-order valence-corrected chi connectivity index (χ4v) is 0.458. The van der Waals surface area contributed by atoms with Gasteiger partial charge in [-0.2, -0.15) is 0 Å². The lowest BCUT2D eigenvalue weighted by Gasteiger charge is -1.86. The SMILES string of the molecule is C=C=C(C=O)CCC. The zero-order valence-electron chi connectivity index (χ0n) is 5.11. The van der Waals surface area contributed by atoms with Crippen LogP contribution < -0.4 is 0 Å². The Kier molecular flexibility index (Phi) is 3.91. The van der Waals surface area contributed by atoms with Gasteiger partial charge in [0.25, 0.3) is 0 Å². The van der Waals surface area contributed by atoms with Crippen molar-refractivity contribution in [2.24, 2.45) is 0 Å². The predicted molar refractivity (Wildman–Crippen MR) is 33.6 cm³/mol. The van der Waals surface area contributed by atoms with E-state index in [9.17, 15) is 4.79 Å². The van der Waals surface area contributed by atoms with Crippen LogP contribution >= 0.6 is 0 Å². The van der Waals surface area contributed by atoms with Gasteiger partial charge >= 0.3 is 0 Å². The van der Waals surface area contributed by atoms with Crippen molar-refractivity contribution in [2.45, 2.75) is 19.8 Å². The number of aldehydes is 1. The number of hydrogen-bond donors (Lipinski definition) is 0. The molecule has 0 aromatic heterocycles. The molecule has 0 saturated carbocycles. The van der Waals surface area contributed by atoms with Gasteiger partial charge in [-0.25, -0.2) is 0 Å². The van der Waals surface area contributed by atoms with E-state index in [0.29, 0.717) is 5.57 Å². The first-order valence-corrected chi connectivity index (χ1v) is 2.69. The summed E-state index contributed by atoms with van der Waals surface area (Å²) in [6.45, 7) is 5.37. The molecule has 0 fully saturated rings. The smallest absolute Gasteiger partial charge is 0.153 e. The van der Waals surface area contributed by atoms with E-state index < -0.39 is 0 Å². The quantitative estimate of drug-likeness (QED) is 0.307. The molecule has 0 N–H and O–H groups in total. The average Bonchev–Trinajstić information content (AvgIpc) is 1.83. The molecule has 0 amide bonds. The van der Waals surface area contributed by atoms with E-state index in [4.69, 9.17) is 0 Å². The Morgan fingerprint density at radius 1 is 1.88 bits per heavy atom. The summed E-state index contributed by atoms with van der Waals surface area (Å²) < 4.78 is 0. The van der Waals surface area contributed by atoms with Crippen molar-refractivity contribution in [3.63, 3.8) is 0 Å². The van der Waals surface area contributed by atoms with Crippen LogP contribution in [0.15, 0.2) is 17.9 Å². The molecule has 0 aliphatic rings. The fourth-order valence-electron chi connectivity index (χ4n) is 0.458. The zero-order valence-corrected chi connectivity index (χ0v) is 5.11. The third kappa shape index (κ3) is 2.38. The van der Waals surface area contributed by atoms with Crippen LogP contribution in [0, 0.1) is 0 Å². The van der Waals surface area contributed by atoms with Gasteiger partial charge < -0.3 is 0 Å². The summed E-state index contributed by atoms with van der Waals surface area (Å²) in [4.78, 5) is 9.99. The van der Waals surface area contributed by atoms with Gasteiger partial charge in [-0.05, 0) is 6.42 Å². The van der Waals surface area contributed by atoms with Crippen LogP contribution in [0.5, 0.6) is 0 Å². The van der Waals surface area contributed by atoms with E-state index in [0.717, 1.165) is 19.1 Å². The Balaban J connectivity index is 3.72. The van der Waals surface area contributed by atoms with Gasteiger partial charge in [0.2, 0.25) is 0 Å². The van der Waals surface area contributed by atoms with Gasteiger partial charge in [-0.15, -0.1) is 5.73 Å². The van der Waals surface area contributed by atoms with Crippen LogP contribution in [-0.2, 0) is 4.79 Å². The molecule has 0 saturated heterocycles. The topological polar surface area (TPSA) is 17.1 Å². The molecule has 0 aliphatic heterocycles. The molecule has 0 radical (unpaired) electrons. The number of allylic oxidation sites excluding steroid dienone is 1. The van der Waals surface area contributed by atoms with E-state index in [1.165, 1.54) is 0 Å². The minimum atomic E-state index is 0.674. The summed E-state index contributed by atoms with van der Waals surface area (Å²) in [5.41, 5.74) is 3.22. The first-order valence-electron chi connectivity index (χ1n) is 2.69. The number of carbonyl (C=O) groups excluding carboxylic acids is 1. The van der Waals surface area contributed by atoms with Crippen LogP contribution in [0.3, 0.4) is 0 Å². The molecule has 0 spiro atoms. The van der Waals surface area contributed by atoms with Crippen molar-refractivity contribution in [3.05, 3.63) is 17.9 Å². The second kappa shape index (κ2) is 4.35. The Hall–Kier alpha value is -0.810. The number of rotatable bonds is 3. The Morgan fingerprint density at radius 3 is 2.62 bits per heavy atom. The van der Waals surface area contributed by atoms with E-state index in [1.807, 2.05) is 6.92 Å². The van der Waals surface area contributed by atoms with E-state index in [-0.39, 0.29) is 0 Å². The lowest BCUT2D eigenvalue weighted by atomic mass is 10.2. The van der Waals surface area contributed by atoms with Gasteiger partial charge in [-0.1, -0.05) is 19.9 Å². The highest BCUT2D eigenvalue weighted by atomic mass is 16.1. The van der Waals surface area contributed by atoms with Crippen LogP contribution in [0.4, 0.5) is 0 Å². The van der Waals surface area contributed by atoms with Crippen LogP contribution in [0.2, 0.25) is 0 Å². The van der Waals surface area contributed by atoms with Crippen LogP contribution in [-0.4, -0.2) is 6.29 Å². The van der Waals surface area contributed by atoms with Crippen molar-refractivity contribution in [1.82, 2.24) is 0 Å². The molecule has 0 atom stereocenters. The number of carbonyl (C=O) groups is 1. The van der Waals surface area contributed by atoms with Gasteiger partial charge in [0.15, 0.2) is 6.29 Å². The maximum atomic E-state index is 9.99. The lowest BCUT2D eigenvalue weighted by molar-refractivity contribution is -0.105. The average molecular weight is 110 g/mol. The van der Waals surface area contributed by atoms with Crippen molar-refractivity contribution >= 4 is 6.29 Å². The summed E-state index contributed by atoms with van der Waals surface area (Å²) in [5, 5.41) is 0. The predicted octanol–water partition coefficient (Wildman–Crippen LogP) is 1.70. The molecule has 0 aromatic carbocycles. The summed E-state index contributed by atoms with van der Waals surface area (Å²) in [6.07, 6.45) is 2.58. The van der Waals surface area contributed by atoms with Crippen LogP contribution in [0.1, 0.15) is 19.8 Å². The van der Waals surface area contributed by atoms with Gasteiger partial charge in [0.05, 0.1) is 0 Å². The lowest BCUT2D eigenvalue weighted by Crippen LogP contribution is -1.79. The maximum Gasteiger partial charge on any atom is 0.153 e. The van der Waals surface area contributed by atoms with Crippen LogP contribution in [0.25, 0.3) is 0 Å². The molecular formula is C7H10O. The first kappa shape index (κ1) is 7.19. The molecule has 0 rings (SSSR count). The third-order valence-electron chi connectivity index (χ3n) is 0.889. The molecule has 1 heteroatoms. The minimum Gasteiger partial charge on any atom is -0.298 e. The Bertz CT molecular complexity index is 118. The second-order valence-corrected chi connectivity index (χ2v) is 1.57. The summed E-state index contributed by atoms with van der Waals surface area (Å²) in [6, 6.07) is 0. The minimum absolute atomic E-state index is 0.674.